The third-order valence-electron chi connectivity index (χ3n) is 3.86. The molecule has 0 spiro atoms. The second-order valence-corrected chi connectivity index (χ2v) is 5.80. The van der Waals surface area contributed by atoms with Gasteiger partial charge in [0.2, 0.25) is 0 Å². The summed E-state index contributed by atoms with van der Waals surface area (Å²) < 4.78 is 34.8. The molecule has 0 unspecified atom stereocenters. The number of ether oxygens (including phenoxy) is 1. The van der Waals surface area contributed by atoms with E-state index >= 15 is 0 Å². The molecule has 1 N–H and O–H groups in total. The number of hydrogen-bond donors (Lipinski definition) is 1. The van der Waals surface area contributed by atoms with Gasteiger partial charge in [-0.2, -0.15) is 5.10 Å². The summed E-state index contributed by atoms with van der Waals surface area (Å²) in [5.74, 6) is -1.64. The minimum Gasteiger partial charge on any atom is -0.497 e. The molecule has 3 rings (SSSR count). The van der Waals surface area contributed by atoms with E-state index in [1.807, 2.05) is 19.9 Å². The van der Waals surface area contributed by atoms with E-state index in [2.05, 4.69) is 10.4 Å². The van der Waals surface area contributed by atoms with Gasteiger partial charge in [-0.3, -0.25) is 4.79 Å². The first-order valence-electron chi connectivity index (χ1n) is 7.87. The maximum atomic E-state index is 14.5. The Kier molecular flexibility index (Phi) is 4.71. The van der Waals surface area contributed by atoms with Crippen LogP contribution in [0.25, 0.3) is 5.69 Å². The highest BCUT2D eigenvalue weighted by molar-refractivity contribution is 6.04. The standard InChI is InChI=1S/C19H17F2N3O2/c1-11-8-12(2)24(23-11)18-7-4-13(9-17(18)21)22-19(25)15-6-5-14(26-3)10-16(15)20/h4-10H,1-3H3,(H,22,25). The molecular formula is C19H17F2N3O2. The molecule has 26 heavy (non-hydrogen) atoms. The molecule has 0 aliphatic heterocycles. The van der Waals surface area contributed by atoms with Crippen LogP contribution in [-0.4, -0.2) is 22.8 Å². The van der Waals surface area contributed by atoms with Crippen LogP contribution in [0.3, 0.4) is 0 Å². The first kappa shape index (κ1) is 17.6. The van der Waals surface area contributed by atoms with Gasteiger partial charge in [-0.1, -0.05) is 0 Å². The zero-order valence-corrected chi connectivity index (χ0v) is 14.5. The average molecular weight is 357 g/mol. The van der Waals surface area contributed by atoms with Crippen LogP contribution < -0.4 is 10.1 Å². The van der Waals surface area contributed by atoms with Gasteiger partial charge in [0.05, 0.1) is 18.4 Å². The quantitative estimate of drug-likeness (QED) is 0.767. The summed E-state index contributed by atoms with van der Waals surface area (Å²) >= 11 is 0. The number of benzene rings is 2. The lowest BCUT2D eigenvalue weighted by molar-refractivity contribution is 0.102. The highest BCUT2D eigenvalue weighted by Gasteiger charge is 2.15. The summed E-state index contributed by atoms with van der Waals surface area (Å²) in [6.45, 7) is 3.64. The summed E-state index contributed by atoms with van der Waals surface area (Å²) in [7, 11) is 1.40. The fraction of sp³-hybridized carbons (Fsp3) is 0.158. The predicted molar refractivity (Wildman–Crippen MR) is 93.9 cm³/mol. The van der Waals surface area contributed by atoms with E-state index in [1.165, 1.54) is 42.1 Å². The number of methoxy groups -OCH3 is 1. The smallest absolute Gasteiger partial charge is 0.258 e. The Morgan fingerprint density at radius 2 is 1.85 bits per heavy atom. The molecule has 3 aromatic rings. The summed E-state index contributed by atoms with van der Waals surface area (Å²) in [5.41, 5.74) is 1.89. The van der Waals surface area contributed by atoms with E-state index in [9.17, 15) is 13.6 Å². The van der Waals surface area contributed by atoms with Crippen LogP contribution >= 0.6 is 0 Å². The number of carbonyl (C=O) groups is 1. The van der Waals surface area contributed by atoms with Gasteiger partial charge in [0, 0.05) is 17.4 Å². The van der Waals surface area contributed by atoms with E-state index in [0.29, 0.717) is 5.75 Å². The summed E-state index contributed by atoms with van der Waals surface area (Å²) in [5, 5.41) is 6.72. The zero-order valence-electron chi connectivity index (χ0n) is 14.5. The zero-order chi connectivity index (χ0) is 18.8. The van der Waals surface area contributed by atoms with Crippen LogP contribution in [0, 0.1) is 25.5 Å². The third-order valence-corrected chi connectivity index (χ3v) is 3.86. The molecule has 5 nitrogen and oxygen atoms in total. The third kappa shape index (κ3) is 3.42. The Morgan fingerprint density at radius 3 is 2.42 bits per heavy atom. The minimum atomic E-state index is -0.721. The van der Waals surface area contributed by atoms with Crippen molar-refractivity contribution in [3.63, 3.8) is 0 Å². The molecule has 0 aliphatic rings. The first-order chi connectivity index (χ1) is 12.4. The minimum absolute atomic E-state index is 0.158. The van der Waals surface area contributed by atoms with Crippen LogP contribution in [0.5, 0.6) is 5.75 Å². The van der Waals surface area contributed by atoms with Gasteiger partial charge in [-0.15, -0.1) is 0 Å². The molecule has 0 aliphatic carbocycles. The second kappa shape index (κ2) is 6.95. The molecule has 0 atom stereocenters. The van der Waals surface area contributed by atoms with Gasteiger partial charge in [0.1, 0.15) is 17.3 Å². The molecule has 0 saturated heterocycles. The number of amides is 1. The molecule has 0 bridgehead atoms. The van der Waals surface area contributed by atoms with Crippen molar-refractivity contribution in [3.05, 3.63) is 71.1 Å². The molecule has 0 saturated carbocycles. The van der Waals surface area contributed by atoms with E-state index < -0.39 is 17.5 Å². The van der Waals surface area contributed by atoms with Crippen LogP contribution in [0.15, 0.2) is 42.5 Å². The number of hydrogen-bond acceptors (Lipinski definition) is 3. The SMILES string of the molecule is COc1ccc(C(=O)Nc2ccc(-n3nc(C)cc3C)c(F)c2)c(F)c1. The van der Waals surface area contributed by atoms with Crippen molar-refractivity contribution < 1.29 is 18.3 Å². The monoisotopic (exact) mass is 357 g/mol. The van der Waals surface area contributed by atoms with E-state index in [1.54, 1.807) is 0 Å². The topological polar surface area (TPSA) is 56.1 Å². The Labute approximate surface area is 149 Å². The van der Waals surface area contributed by atoms with Crippen molar-refractivity contribution >= 4 is 11.6 Å². The van der Waals surface area contributed by atoms with E-state index in [4.69, 9.17) is 4.74 Å². The average Bonchev–Trinajstić information content (AvgIpc) is 2.92. The highest BCUT2D eigenvalue weighted by Crippen LogP contribution is 2.22. The van der Waals surface area contributed by atoms with Crippen molar-refractivity contribution in [1.82, 2.24) is 9.78 Å². The van der Waals surface area contributed by atoms with E-state index in [-0.39, 0.29) is 16.9 Å². The Bertz CT molecular complexity index is 983. The van der Waals surface area contributed by atoms with Gasteiger partial charge >= 0.3 is 0 Å². The maximum absolute atomic E-state index is 14.5. The van der Waals surface area contributed by atoms with Crippen molar-refractivity contribution in [2.45, 2.75) is 13.8 Å². The fourth-order valence-electron chi connectivity index (χ4n) is 2.63. The lowest BCUT2D eigenvalue weighted by atomic mass is 10.1. The van der Waals surface area contributed by atoms with Gasteiger partial charge in [0.25, 0.3) is 5.91 Å². The molecule has 1 amide bonds. The Morgan fingerprint density at radius 1 is 1.08 bits per heavy atom. The lowest BCUT2D eigenvalue weighted by Gasteiger charge is -2.10. The van der Waals surface area contributed by atoms with Gasteiger partial charge in [-0.25, -0.2) is 13.5 Å². The van der Waals surface area contributed by atoms with Gasteiger partial charge in [-0.05, 0) is 50.2 Å². The Hall–Kier alpha value is -3.22. The number of aryl methyl sites for hydroxylation is 2. The molecule has 0 radical (unpaired) electrons. The normalized spacial score (nSPS) is 10.7. The highest BCUT2D eigenvalue weighted by atomic mass is 19.1. The Balaban J connectivity index is 1.84. The molecule has 2 aromatic carbocycles. The lowest BCUT2D eigenvalue weighted by Crippen LogP contribution is -2.14. The second-order valence-electron chi connectivity index (χ2n) is 5.80. The number of halogens is 2. The van der Waals surface area contributed by atoms with Crippen LogP contribution in [0.2, 0.25) is 0 Å². The van der Waals surface area contributed by atoms with Crippen LogP contribution in [0.1, 0.15) is 21.7 Å². The number of nitrogens with zero attached hydrogens (tertiary/aromatic N) is 2. The fourth-order valence-corrected chi connectivity index (χ4v) is 2.63. The molecule has 0 fully saturated rings. The number of carbonyl (C=O) groups excluding carboxylic acids is 1. The molecular weight excluding hydrogens is 340 g/mol. The first-order valence-corrected chi connectivity index (χ1v) is 7.87. The maximum Gasteiger partial charge on any atom is 0.258 e. The molecule has 1 heterocycles. The van der Waals surface area contributed by atoms with Crippen molar-refractivity contribution in [3.8, 4) is 11.4 Å². The largest absolute Gasteiger partial charge is 0.497 e. The van der Waals surface area contributed by atoms with Gasteiger partial charge in [0.15, 0.2) is 5.82 Å². The summed E-state index contributed by atoms with van der Waals surface area (Å²) in [6.07, 6.45) is 0. The van der Waals surface area contributed by atoms with Gasteiger partial charge < -0.3 is 10.1 Å². The number of aromatic nitrogens is 2. The number of nitrogens with one attached hydrogen (secondary N) is 1. The van der Waals surface area contributed by atoms with Crippen LogP contribution in [-0.2, 0) is 0 Å². The number of rotatable bonds is 4. The molecule has 134 valence electrons. The number of anilines is 1. The molecule has 7 heteroatoms. The predicted octanol–water partition coefficient (Wildman–Crippen LogP) is 4.03. The van der Waals surface area contributed by atoms with Crippen molar-refractivity contribution in [1.29, 1.82) is 0 Å². The summed E-state index contributed by atoms with van der Waals surface area (Å²) in [6, 6.07) is 9.95. The summed E-state index contributed by atoms with van der Waals surface area (Å²) in [4.78, 5) is 12.2. The molecule has 1 aromatic heterocycles. The van der Waals surface area contributed by atoms with Crippen molar-refractivity contribution in [2.24, 2.45) is 0 Å². The van der Waals surface area contributed by atoms with Crippen molar-refractivity contribution in [2.75, 3.05) is 12.4 Å². The van der Waals surface area contributed by atoms with Crippen LogP contribution in [0.4, 0.5) is 14.5 Å². The van der Waals surface area contributed by atoms with E-state index in [0.717, 1.165) is 17.5 Å².